The normalized spacial score (nSPS) is 17.8. The Bertz CT molecular complexity index is 565. The molecule has 2 rings (SSSR count). The fourth-order valence-electron chi connectivity index (χ4n) is 2.11. The van der Waals surface area contributed by atoms with Crippen molar-refractivity contribution in [1.82, 2.24) is 5.32 Å². The lowest BCUT2D eigenvalue weighted by atomic mass is 10.2. The molecule has 7 heteroatoms. The van der Waals surface area contributed by atoms with Crippen molar-refractivity contribution in [3.05, 3.63) is 29.8 Å². The van der Waals surface area contributed by atoms with Crippen molar-refractivity contribution in [3.63, 3.8) is 0 Å². The molecule has 1 atom stereocenters. The Hall–Kier alpha value is -2.28. The standard InChI is InChI=1S/C16H22N2O5/c1-16(2,3)23-14(20)17-8-11-4-6-12(7-5-11)18-9-13(10-19)22-15(18)21/h4-7,13,19H,8-10H2,1-3H3,(H,17,20). The van der Waals surface area contributed by atoms with Crippen LogP contribution in [0, 0.1) is 0 Å². The van der Waals surface area contributed by atoms with E-state index in [1.807, 2.05) is 12.1 Å². The van der Waals surface area contributed by atoms with Gasteiger partial charge in [-0.2, -0.15) is 0 Å². The van der Waals surface area contributed by atoms with Crippen LogP contribution in [-0.4, -0.2) is 42.1 Å². The molecule has 7 nitrogen and oxygen atoms in total. The monoisotopic (exact) mass is 322 g/mol. The summed E-state index contributed by atoms with van der Waals surface area (Å²) in [5, 5.41) is 11.7. The molecule has 0 radical (unpaired) electrons. The van der Waals surface area contributed by atoms with Crippen LogP contribution in [0.2, 0.25) is 0 Å². The molecule has 1 aliphatic heterocycles. The van der Waals surface area contributed by atoms with E-state index in [1.165, 1.54) is 4.90 Å². The first-order valence-electron chi connectivity index (χ1n) is 7.43. The third kappa shape index (κ3) is 4.85. The van der Waals surface area contributed by atoms with Crippen molar-refractivity contribution < 1.29 is 24.2 Å². The zero-order valence-corrected chi connectivity index (χ0v) is 13.5. The maximum atomic E-state index is 11.7. The van der Waals surface area contributed by atoms with Crippen LogP contribution in [-0.2, 0) is 16.0 Å². The number of carbonyl (C=O) groups excluding carboxylic acids is 2. The molecule has 23 heavy (non-hydrogen) atoms. The number of anilines is 1. The molecular formula is C16H22N2O5. The van der Waals surface area contributed by atoms with Crippen LogP contribution in [0.1, 0.15) is 26.3 Å². The molecule has 1 aliphatic rings. The van der Waals surface area contributed by atoms with Crippen LogP contribution in [0.25, 0.3) is 0 Å². The van der Waals surface area contributed by atoms with Crippen molar-refractivity contribution in [2.45, 2.75) is 39.0 Å². The van der Waals surface area contributed by atoms with Crippen molar-refractivity contribution >= 4 is 17.9 Å². The SMILES string of the molecule is CC(C)(C)OC(=O)NCc1ccc(N2CC(CO)OC2=O)cc1. The third-order valence-electron chi connectivity index (χ3n) is 3.16. The molecule has 2 amide bonds. The number of nitrogens with zero attached hydrogens (tertiary/aromatic N) is 1. The largest absolute Gasteiger partial charge is 0.444 e. The van der Waals surface area contributed by atoms with Gasteiger partial charge in [0.1, 0.15) is 11.7 Å². The minimum Gasteiger partial charge on any atom is -0.444 e. The van der Waals surface area contributed by atoms with Gasteiger partial charge in [-0.25, -0.2) is 9.59 Å². The second-order valence-electron chi connectivity index (χ2n) is 6.32. The minimum atomic E-state index is -0.534. The number of hydrogen-bond donors (Lipinski definition) is 2. The fraction of sp³-hybridized carbons (Fsp3) is 0.500. The van der Waals surface area contributed by atoms with Gasteiger partial charge in [-0.05, 0) is 38.5 Å². The molecule has 1 aromatic carbocycles. The van der Waals surface area contributed by atoms with Gasteiger partial charge in [-0.3, -0.25) is 4.90 Å². The molecule has 1 fully saturated rings. The number of amides is 2. The van der Waals surface area contributed by atoms with E-state index in [2.05, 4.69) is 5.32 Å². The Morgan fingerprint density at radius 3 is 2.57 bits per heavy atom. The molecule has 0 bridgehead atoms. The number of aliphatic hydroxyl groups excluding tert-OH is 1. The lowest BCUT2D eigenvalue weighted by Crippen LogP contribution is -2.32. The average Bonchev–Trinajstić information content (AvgIpc) is 2.85. The van der Waals surface area contributed by atoms with Crippen LogP contribution in [0.4, 0.5) is 15.3 Å². The molecule has 2 N–H and O–H groups in total. The van der Waals surface area contributed by atoms with Crippen molar-refractivity contribution in [3.8, 4) is 0 Å². The summed E-state index contributed by atoms with van der Waals surface area (Å²) in [6.07, 6.45) is -1.44. The van der Waals surface area contributed by atoms with Gasteiger partial charge in [0, 0.05) is 12.2 Å². The summed E-state index contributed by atoms with van der Waals surface area (Å²) in [7, 11) is 0. The van der Waals surface area contributed by atoms with Crippen LogP contribution >= 0.6 is 0 Å². The van der Waals surface area contributed by atoms with Gasteiger partial charge in [-0.1, -0.05) is 12.1 Å². The summed E-state index contributed by atoms with van der Waals surface area (Å²) in [4.78, 5) is 24.8. The van der Waals surface area contributed by atoms with Gasteiger partial charge < -0.3 is 19.9 Å². The van der Waals surface area contributed by atoms with Gasteiger partial charge in [-0.15, -0.1) is 0 Å². The molecule has 0 saturated carbocycles. The summed E-state index contributed by atoms with van der Waals surface area (Å²) in [6.45, 7) is 5.87. The first-order chi connectivity index (χ1) is 10.8. The Morgan fingerprint density at radius 2 is 2.04 bits per heavy atom. The van der Waals surface area contributed by atoms with Crippen molar-refractivity contribution in [2.75, 3.05) is 18.1 Å². The zero-order chi connectivity index (χ0) is 17.0. The summed E-state index contributed by atoms with van der Waals surface area (Å²) < 4.78 is 10.2. The van der Waals surface area contributed by atoms with E-state index in [4.69, 9.17) is 14.6 Å². The van der Waals surface area contributed by atoms with E-state index in [-0.39, 0.29) is 6.61 Å². The quantitative estimate of drug-likeness (QED) is 0.885. The third-order valence-corrected chi connectivity index (χ3v) is 3.16. The Labute approximate surface area is 135 Å². The predicted octanol–water partition coefficient (Wildman–Crippen LogP) is 2.03. The van der Waals surface area contributed by atoms with Gasteiger partial charge in [0.15, 0.2) is 0 Å². The number of carbonyl (C=O) groups is 2. The molecule has 1 unspecified atom stereocenters. The summed E-state index contributed by atoms with van der Waals surface area (Å²) in [5.74, 6) is 0. The van der Waals surface area contributed by atoms with Gasteiger partial charge in [0.25, 0.3) is 0 Å². The number of ether oxygens (including phenoxy) is 2. The van der Waals surface area contributed by atoms with E-state index >= 15 is 0 Å². The van der Waals surface area contributed by atoms with Gasteiger partial charge in [0.05, 0.1) is 13.2 Å². The van der Waals surface area contributed by atoms with Crippen molar-refractivity contribution in [1.29, 1.82) is 0 Å². The molecule has 0 aliphatic carbocycles. The number of aliphatic hydroxyl groups is 1. The fourth-order valence-corrected chi connectivity index (χ4v) is 2.11. The van der Waals surface area contributed by atoms with Crippen LogP contribution in [0.5, 0.6) is 0 Å². The van der Waals surface area contributed by atoms with E-state index in [0.29, 0.717) is 18.8 Å². The predicted molar refractivity (Wildman–Crippen MR) is 84.2 cm³/mol. The lowest BCUT2D eigenvalue weighted by molar-refractivity contribution is 0.0523. The maximum absolute atomic E-state index is 11.7. The highest BCUT2D eigenvalue weighted by atomic mass is 16.6. The number of nitrogens with one attached hydrogen (secondary N) is 1. The molecule has 0 aromatic heterocycles. The average molecular weight is 322 g/mol. The van der Waals surface area contributed by atoms with E-state index < -0.39 is 23.9 Å². The highest BCUT2D eigenvalue weighted by Gasteiger charge is 2.31. The molecular weight excluding hydrogens is 300 g/mol. The second kappa shape index (κ2) is 6.87. The Balaban J connectivity index is 1.90. The first kappa shape index (κ1) is 17.1. The van der Waals surface area contributed by atoms with E-state index in [9.17, 15) is 9.59 Å². The van der Waals surface area contributed by atoms with Gasteiger partial charge >= 0.3 is 12.2 Å². The van der Waals surface area contributed by atoms with Crippen LogP contribution in [0.15, 0.2) is 24.3 Å². The second-order valence-corrected chi connectivity index (χ2v) is 6.32. The Kier molecular flexibility index (Phi) is 5.10. The Morgan fingerprint density at radius 1 is 1.39 bits per heavy atom. The summed E-state index contributed by atoms with van der Waals surface area (Å²) in [6, 6.07) is 7.17. The van der Waals surface area contributed by atoms with Crippen LogP contribution in [0.3, 0.4) is 0 Å². The molecule has 1 heterocycles. The lowest BCUT2D eigenvalue weighted by Gasteiger charge is -2.19. The highest BCUT2D eigenvalue weighted by molar-refractivity contribution is 5.89. The zero-order valence-electron chi connectivity index (χ0n) is 13.5. The smallest absolute Gasteiger partial charge is 0.414 e. The first-order valence-corrected chi connectivity index (χ1v) is 7.43. The van der Waals surface area contributed by atoms with Gasteiger partial charge in [0.2, 0.25) is 0 Å². The topological polar surface area (TPSA) is 88.1 Å². The van der Waals surface area contributed by atoms with E-state index in [1.54, 1.807) is 32.9 Å². The van der Waals surface area contributed by atoms with Crippen LogP contribution < -0.4 is 10.2 Å². The number of alkyl carbamates (subject to hydrolysis) is 1. The molecule has 0 spiro atoms. The molecule has 1 saturated heterocycles. The molecule has 126 valence electrons. The molecule has 1 aromatic rings. The van der Waals surface area contributed by atoms with E-state index in [0.717, 1.165) is 5.56 Å². The highest BCUT2D eigenvalue weighted by Crippen LogP contribution is 2.22. The number of cyclic esters (lactones) is 1. The number of rotatable bonds is 4. The number of benzene rings is 1. The number of hydrogen-bond acceptors (Lipinski definition) is 5. The summed E-state index contributed by atoms with van der Waals surface area (Å²) in [5.41, 5.74) is 1.03. The maximum Gasteiger partial charge on any atom is 0.414 e. The summed E-state index contributed by atoms with van der Waals surface area (Å²) >= 11 is 0. The van der Waals surface area contributed by atoms with Crippen molar-refractivity contribution in [2.24, 2.45) is 0 Å². The minimum absolute atomic E-state index is 0.194.